The Balaban J connectivity index is 1.33. The summed E-state index contributed by atoms with van der Waals surface area (Å²) in [5, 5.41) is 12.7. The van der Waals surface area contributed by atoms with E-state index in [1.807, 2.05) is 84.9 Å². The van der Waals surface area contributed by atoms with E-state index in [4.69, 9.17) is 16.3 Å². The molecule has 1 fully saturated rings. The van der Waals surface area contributed by atoms with Gasteiger partial charge in [0.05, 0.1) is 6.61 Å². The summed E-state index contributed by atoms with van der Waals surface area (Å²) in [5.74, 6) is 1.05. The van der Waals surface area contributed by atoms with E-state index in [1.54, 1.807) is 0 Å². The lowest BCUT2D eigenvalue weighted by molar-refractivity contribution is -0.0146. The number of benzene rings is 3. The predicted molar refractivity (Wildman–Crippen MR) is 127 cm³/mol. The average molecular weight is 436 g/mol. The SMILES string of the molecule is OC(c1ccccc1)(c1ccccc1)C1CCN(CCCOc2ccc(Cl)cc2)CC1. The monoisotopic (exact) mass is 435 g/mol. The van der Waals surface area contributed by atoms with E-state index >= 15 is 0 Å². The molecule has 3 aromatic carbocycles. The van der Waals surface area contributed by atoms with Crippen molar-refractivity contribution in [2.45, 2.75) is 24.9 Å². The van der Waals surface area contributed by atoms with Crippen LogP contribution in [0.15, 0.2) is 84.9 Å². The molecule has 4 heteroatoms. The van der Waals surface area contributed by atoms with Gasteiger partial charge in [0, 0.05) is 11.6 Å². The molecule has 1 N–H and O–H groups in total. The molecule has 1 saturated heterocycles. The van der Waals surface area contributed by atoms with Crippen LogP contribution in [0, 0.1) is 5.92 Å². The summed E-state index contributed by atoms with van der Waals surface area (Å²) in [5.41, 5.74) is 1.01. The molecule has 0 amide bonds. The summed E-state index contributed by atoms with van der Waals surface area (Å²) in [4.78, 5) is 2.48. The van der Waals surface area contributed by atoms with Gasteiger partial charge < -0.3 is 14.7 Å². The quantitative estimate of drug-likeness (QED) is 0.457. The molecule has 0 bridgehead atoms. The molecule has 162 valence electrons. The van der Waals surface area contributed by atoms with E-state index in [1.165, 1.54) is 0 Å². The van der Waals surface area contributed by atoms with E-state index in [0.717, 1.165) is 60.8 Å². The van der Waals surface area contributed by atoms with Gasteiger partial charge >= 0.3 is 0 Å². The van der Waals surface area contributed by atoms with Crippen LogP contribution in [-0.4, -0.2) is 36.2 Å². The smallest absolute Gasteiger partial charge is 0.119 e. The number of hydrogen-bond donors (Lipinski definition) is 1. The van der Waals surface area contributed by atoms with E-state index in [0.29, 0.717) is 6.61 Å². The normalized spacial score (nSPS) is 15.7. The number of nitrogens with zero attached hydrogens (tertiary/aromatic N) is 1. The minimum absolute atomic E-state index is 0.193. The third-order valence-electron chi connectivity index (χ3n) is 6.31. The van der Waals surface area contributed by atoms with Crippen LogP contribution in [-0.2, 0) is 5.60 Å². The van der Waals surface area contributed by atoms with Crippen LogP contribution in [0.1, 0.15) is 30.4 Å². The Bertz CT molecular complexity index is 883. The molecular weight excluding hydrogens is 406 g/mol. The van der Waals surface area contributed by atoms with Gasteiger partial charge in [-0.25, -0.2) is 0 Å². The maximum Gasteiger partial charge on any atom is 0.119 e. The second-order valence-corrected chi connectivity index (χ2v) is 8.71. The van der Waals surface area contributed by atoms with Gasteiger partial charge in [-0.15, -0.1) is 0 Å². The highest BCUT2D eigenvalue weighted by molar-refractivity contribution is 6.30. The van der Waals surface area contributed by atoms with Gasteiger partial charge in [-0.2, -0.15) is 0 Å². The summed E-state index contributed by atoms with van der Waals surface area (Å²) in [6.07, 6.45) is 2.92. The van der Waals surface area contributed by atoms with Gasteiger partial charge in [-0.1, -0.05) is 72.3 Å². The van der Waals surface area contributed by atoms with Crippen LogP contribution in [0.4, 0.5) is 0 Å². The first-order valence-corrected chi connectivity index (χ1v) is 11.5. The number of aliphatic hydroxyl groups is 1. The maximum absolute atomic E-state index is 12.0. The van der Waals surface area contributed by atoms with Crippen molar-refractivity contribution in [2.75, 3.05) is 26.2 Å². The Labute approximate surface area is 190 Å². The zero-order chi connectivity index (χ0) is 21.5. The fourth-order valence-corrected chi connectivity index (χ4v) is 4.73. The van der Waals surface area contributed by atoms with Crippen LogP contribution in [0.2, 0.25) is 5.02 Å². The zero-order valence-corrected chi connectivity index (χ0v) is 18.5. The van der Waals surface area contributed by atoms with E-state index in [9.17, 15) is 5.11 Å². The molecule has 0 atom stereocenters. The Morgan fingerprint density at radius 2 is 1.39 bits per heavy atom. The minimum Gasteiger partial charge on any atom is -0.494 e. The number of ether oxygens (including phenoxy) is 1. The molecule has 0 saturated carbocycles. The number of rotatable bonds is 8. The third-order valence-corrected chi connectivity index (χ3v) is 6.56. The molecule has 1 aliphatic heterocycles. The molecule has 0 aromatic heterocycles. The van der Waals surface area contributed by atoms with Crippen molar-refractivity contribution in [2.24, 2.45) is 5.92 Å². The van der Waals surface area contributed by atoms with Crippen LogP contribution >= 0.6 is 11.6 Å². The maximum atomic E-state index is 12.0. The first kappa shape index (κ1) is 21.9. The fourth-order valence-electron chi connectivity index (χ4n) is 4.61. The lowest BCUT2D eigenvalue weighted by atomic mass is 9.72. The van der Waals surface area contributed by atoms with Crippen molar-refractivity contribution in [3.8, 4) is 5.75 Å². The molecule has 0 radical (unpaired) electrons. The van der Waals surface area contributed by atoms with Crippen molar-refractivity contribution in [1.29, 1.82) is 0 Å². The predicted octanol–water partition coefficient (Wildman–Crippen LogP) is 5.76. The highest BCUT2D eigenvalue weighted by atomic mass is 35.5. The number of halogens is 1. The number of likely N-dealkylation sites (tertiary alicyclic amines) is 1. The van der Waals surface area contributed by atoms with Crippen LogP contribution in [0.3, 0.4) is 0 Å². The zero-order valence-electron chi connectivity index (χ0n) is 17.8. The van der Waals surface area contributed by atoms with Crippen molar-refractivity contribution < 1.29 is 9.84 Å². The van der Waals surface area contributed by atoms with Gasteiger partial charge in [-0.3, -0.25) is 0 Å². The fraction of sp³-hybridized carbons (Fsp3) is 0.333. The Morgan fingerprint density at radius 1 is 0.839 bits per heavy atom. The second kappa shape index (κ2) is 10.3. The van der Waals surface area contributed by atoms with Crippen LogP contribution < -0.4 is 4.74 Å². The highest BCUT2D eigenvalue weighted by Crippen LogP contribution is 2.41. The molecule has 1 heterocycles. The lowest BCUT2D eigenvalue weighted by Crippen LogP contribution is -2.44. The summed E-state index contributed by atoms with van der Waals surface area (Å²) in [7, 11) is 0. The van der Waals surface area contributed by atoms with Gasteiger partial charge in [0.15, 0.2) is 0 Å². The second-order valence-electron chi connectivity index (χ2n) is 8.27. The lowest BCUT2D eigenvalue weighted by Gasteiger charge is -2.42. The van der Waals surface area contributed by atoms with E-state index < -0.39 is 5.60 Å². The summed E-state index contributed by atoms with van der Waals surface area (Å²) >= 11 is 5.92. The number of hydrogen-bond acceptors (Lipinski definition) is 3. The van der Waals surface area contributed by atoms with Crippen LogP contribution in [0.5, 0.6) is 5.75 Å². The van der Waals surface area contributed by atoms with Crippen LogP contribution in [0.25, 0.3) is 0 Å². The molecular formula is C27H30ClNO2. The Morgan fingerprint density at radius 3 is 1.94 bits per heavy atom. The molecule has 0 aliphatic carbocycles. The Kier molecular flexibility index (Phi) is 7.29. The Hall–Kier alpha value is -2.33. The summed E-state index contributed by atoms with van der Waals surface area (Å²) in [6.45, 7) is 3.69. The van der Waals surface area contributed by atoms with Gasteiger partial charge in [0.25, 0.3) is 0 Å². The van der Waals surface area contributed by atoms with Crippen molar-refractivity contribution in [1.82, 2.24) is 4.90 Å². The van der Waals surface area contributed by atoms with Gasteiger partial charge in [0.2, 0.25) is 0 Å². The van der Waals surface area contributed by atoms with E-state index in [2.05, 4.69) is 4.90 Å². The first-order chi connectivity index (χ1) is 15.2. The largest absolute Gasteiger partial charge is 0.494 e. The van der Waals surface area contributed by atoms with Crippen molar-refractivity contribution in [3.05, 3.63) is 101 Å². The first-order valence-electron chi connectivity index (χ1n) is 11.1. The van der Waals surface area contributed by atoms with Crippen molar-refractivity contribution in [3.63, 3.8) is 0 Å². The number of piperidine rings is 1. The molecule has 3 nitrogen and oxygen atoms in total. The molecule has 3 aromatic rings. The standard InChI is InChI=1S/C27H30ClNO2/c28-25-12-14-26(15-13-25)31-21-7-18-29-19-16-24(17-20-29)27(30,22-8-3-1-4-9-22)23-10-5-2-6-11-23/h1-6,8-15,24,30H,7,16-21H2. The summed E-state index contributed by atoms with van der Waals surface area (Å²) < 4.78 is 5.82. The van der Waals surface area contributed by atoms with Gasteiger partial charge in [0.1, 0.15) is 11.4 Å². The summed E-state index contributed by atoms with van der Waals surface area (Å²) in [6, 6.07) is 27.8. The molecule has 0 unspecified atom stereocenters. The minimum atomic E-state index is -0.952. The molecule has 0 spiro atoms. The average Bonchev–Trinajstić information content (AvgIpc) is 2.84. The molecule has 1 aliphatic rings. The molecule has 4 rings (SSSR count). The third kappa shape index (κ3) is 5.30. The van der Waals surface area contributed by atoms with Gasteiger partial charge in [-0.05, 0) is 73.7 Å². The highest BCUT2D eigenvalue weighted by Gasteiger charge is 2.41. The molecule has 31 heavy (non-hydrogen) atoms. The topological polar surface area (TPSA) is 32.7 Å². The van der Waals surface area contributed by atoms with Crippen molar-refractivity contribution >= 4 is 11.6 Å². The van der Waals surface area contributed by atoms with E-state index in [-0.39, 0.29) is 5.92 Å².